The summed E-state index contributed by atoms with van der Waals surface area (Å²) in [5.41, 5.74) is 22.0. The van der Waals surface area contributed by atoms with Crippen LogP contribution in [0.2, 0.25) is 0 Å². The third kappa shape index (κ3) is 7.35. The average Bonchev–Trinajstić information content (AvgIpc) is 1.58. The molecule has 3 heterocycles. The zero-order valence-corrected chi connectivity index (χ0v) is 45.5. The van der Waals surface area contributed by atoms with Crippen LogP contribution in [0.3, 0.4) is 0 Å². The molecule has 13 aromatic carbocycles. The molecule has 0 amide bonds. The predicted octanol–water partition coefficient (Wildman–Crippen LogP) is 21.9. The Kier molecular flexibility index (Phi) is 10.8. The third-order valence-corrected chi connectivity index (χ3v) is 17.3. The van der Waals surface area contributed by atoms with Gasteiger partial charge in [0.2, 0.25) is 0 Å². The summed E-state index contributed by atoms with van der Waals surface area (Å²) >= 11 is 0. The van der Waals surface area contributed by atoms with Gasteiger partial charge in [0.15, 0.2) is 0 Å². The summed E-state index contributed by atoms with van der Waals surface area (Å²) in [6.07, 6.45) is 0. The lowest BCUT2D eigenvalue weighted by Crippen LogP contribution is -2.32. The van der Waals surface area contributed by atoms with Gasteiger partial charge in [0, 0.05) is 78.8 Å². The molecule has 15 aromatic rings. The largest absolute Gasteiger partial charge is 0.457 e. The number of fused-ring (bicyclic) bond motifs is 15. The summed E-state index contributed by atoms with van der Waals surface area (Å²) in [6.45, 7) is 0. The first-order chi connectivity index (χ1) is 41.6. The van der Waals surface area contributed by atoms with E-state index in [9.17, 15) is 0 Å². The lowest BCUT2D eigenvalue weighted by atomic mass is 9.66. The highest BCUT2D eigenvalue weighted by molar-refractivity contribution is 6.14. The van der Waals surface area contributed by atoms with Crippen molar-refractivity contribution >= 4 is 78.0 Å². The molecule has 5 nitrogen and oxygen atoms in total. The van der Waals surface area contributed by atoms with Crippen molar-refractivity contribution in [1.82, 2.24) is 0 Å². The van der Waals surface area contributed by atoms with E-state index in [1.165, 1.54) is 22.3 Å². The molecule has 17 rings (SSSR count). The molecule has 0 fully saturated rings. The molecule has 0 radical (unpaired) electrons. The fraction of sp³-hybridized carbons (Fsp3) is 0.0127. The fourth-order valence-corrected chi connectivity index (χ4v) is 13.7. The number of furan rings is 2. The van der Waals surface area contributed by atoms with Gasteiger partial charge in [-0.2, -0.15) is 0 Å². The number of ether oxygens (including phenoxy) is 1. The highest BCUT2D eigenvalue weighted by Crippen LogP contribution is 2.63. The normalized spacial score (nSPS) is 12.7. The molecule has 0 bridgehead atoms. The van der Waals surface area contributed by atoms with Crippen molar-refractivity contribution < 1.29 is 13.6 Å². The van der Waals surface area contributed by atoms with Crippen molar-refractivity contribution in [2.45, 2.75) is 5.41 Å². The summed E-state index contributed by atoms with van der Waals surface area (Å²) in [5, 5.41) is 4.29. The molecule has 2 aromatic heterocycles. The molecule has 0 atom stereocenters. The van der Waals surface area contributed by atoms with Crippen LogP contribution in [0.5, 0.6) is 11.5 Å². The Balaban J connectivity index is 0.896. The molecule has 5 heteroatoms. The van der Waals surface area contributed by atoms with Crippen LogP contribution in [0.25, 0.3) is 88.4 Å². The SMILES string of the molecule is c1ccc(-c2cccc(N(c3ccc4c(c3)Oc3ccc(N(c5ccccc5)c5cc(-c6ccccc6)c6c(c5)oc5ccccc56)cc3C43c4ccccc4-c4ccccc43)c3cc(-c4ccccc4)c4oc5ccccc5c4c3)c2)cc1. The maximum Gasteiger partial charge on any atom is 0.143 e. The smallest absolute Gasteiger partial charge is 0.143 e. The minimum Gasteiger partial charge on any atom is -0.457 e. The number of hydrogen-bond acceptors (Lipinski definition) is 5. The van der Waals surface area contributed by atoms with Crippen molar-refractivity contribution in [2.24, 2.45) is 0 Å². The Hall–Kier alpha value is -11.1. The van der Waals surface area contributed by atoms with Crippen molar-refractivity contribution in [3.8, 4) is 56.0 Å². The van der Waals surface area contributed by atoms with Crippen LogP contribution < -0.4 is 14.5 Å². The summed E-state index contributed by atoms with van der Waals surface area (Å²) in [5.74, 6) is 1.57. The number of anilines is 6. The highest BCUT2D eigenvalue weighted by Gasteiger charge is 2.51. The van der Waals surface area contributed by atoms with Gasteiger partial charge < -0.3 is 23.4 Å². The number of benzene rings is 13. The second kappa shape index (κ2) is 19.0. The van der Waals surface area contributed by atoms with Gasteiger partial charge in [-0.05, 0) is 129 Å². The number of hydrogen-bond donors (Lipinski definition) is 0. The number of para-hydroxylation sites is 3. The van der Waals surface area contributed by atoms with E-state index in [0.717, 1.165) is 134 Å². The van der Waals surface area contributed by atoms with Crippen LogP contribution in [-0.4, -0.2) is 0 Å². The van der Waals surface area contributed by atoms with Crippen LogP contribution in [-0.2, 0) is 5.41 Å². The van der Waals surface area contributed by atoms with Crippen molar-refractivity contribution in [3.05, 3.63) is 326 Å². The molecular weight excluding hydrogens is 1020 g/mol. The standard InChI is InChI=1S/C79H50N2O3/c1-5-22-51(23-6-1)54-28-21-31-56(44-54)81(59-46-66(53-26-9-3-10-27-53)78-67(47-59)63-34-15-19-38-72(63)84-78)58-40-42-70-75(49-58)83-74-43-41-57(48-71(74)79(70)68-36-17-13-32-61(68)62-33-14-18-37-69(62)79)80(55-29-11-4-12-30-55)60-45-65(52-24-7-2-8-25-52)77-64-35-16-20-39-73(64)82-76(77)50-60/h1-50H. The van der Waals surface area contributed by atoms with Gasteiger partial charge in [0.25, 0.3) is 0 Å². The molecule has 0 N–H and O–H groups in total. The minimum absolute atomic E-state index is 0.780. The van der Waals surface area contributed by atoms with Gasteiger partial charge >= 0.3 is 0 Å². The van der Waals surface area contributed by atoms with E-state index in [0.29, 0.717) is 0 Å². The molecule has 394 valence electrons. The van der Waals surface area contributed by atoms with E-state index < -0.39 is 5.41 Å². The van der Waals surface area contributed by atoms with Gasteiger partial charge in [-0.15, -0.1) is 0 Å². The highest BCUT2D eigenvalue weighted by atomic mass is 16.5. The van der Waals surface area contributed by atoms with Crippen LogP contribution in [0.1, 0.15) is 22.3 Å². The van der Waals surface area contributed by atoms with Crippen molar-refractivity contribution in [2.75, 3.05) is 9.80 Å². The molecule has 0 saturated carbocycles. The summed E-state index contributed by atoms with van der Waals surface area (Å²) in [6, 6.07) is 109. The molecule has 1 spiro atoms. The van der Waals surface area contributed by atoms with Crippen LogP contribution in [0.15, 0.2) is 312 Å². The summed E-state index contributed by atoms with van der Waals surface area (Å²) in [7, 11) is 0. The van der Waals surface area contributed by atoms with Gasteiger partial charge in [0.1, 0.15) is 33.8 Å². The van der Waals surface area contributed by atoms with Gasteiger partial charge in [-0.25, -0.2) is 0 Å². The third-order valence-electron chi connectivity index (χ3n) is 17.3. The summed E-state index contributed by atoms with van der Waals surface area (Å²) in [4.78, 5) is 4.75. The molecule has 1 aliphatic heterocycles. The molecular formula is C79H50N2O3. The first kappa shape index (κ1) is 47.6. The zero-order chi connectivity index (χ0) is 55.3. The molecule has 2 aliphatic rings. The number of nitrogens with zero attached hydrogens (tertiary/aromatic N) is 2. The van der Waals surface area contributed by atoms with E-state index in [2.05, 4.69) is 301 Å². The first-order valence-corrected chi connectivity index (χ1v) is 28.6. The lowest BCUT2D eigenvalue weighted by Gasteiger charge is -2.40. The van der Waals surface area contributed by atoms with Crippen LogP contribution in [0, 0.1) is 0 Å². The van der Waals surface area contributed by atoms with Gasteiger partial charge in [-0.3, -0.25) is 0 Å². The molecule has 0 saturated heterocycles. The van der Waals surface area contributed by atoms with E-state index in [4.69, 9.17) is 13.6 Å². The Morgan fingerprint density at radius 2 is 0.774 bits per heavy atom. The molecule has 0 unspecified atom stereocenters. The van der Waals surface area contributed by atoms with Crippen molar-refractivity contribution in [3.63, 3.8) is 0 Å². The quantitative estimate of drug-likeness (QED) is 0.144. The summed E-state index contributed by atoms with van der Waals surface area (Å²) < 4.78 is 21.0. The Labute approximate surface area is 485 Å². The van der Waals surface area contributed by atoms with Gasteiger partial charge in [-0.1, -0.05) is 212 Å². The molecule has 1 aliphatic carbocycles. The van der Waals surface area contributed by atoms with E-state index in [1.54, 1.807) is 0 Å². The van der Waals surface area contributed by atoms with E-state index in [1.807, 2.05) is 12.1 Å². The maximum atomic E-state index is 7.50. The average molecular weight is 1080 g/mol. The lowest BCUT2D eigenvalue weighted by molar-refractivity contribution is 0.436. The van der Waals surface area contributed by atoms with Gasteiger partial charge in [0.05, 0.1) is 11.1 Å². The van der Waals surface area contributed by atoms with Crippen molar-refractivity contribution in [1.29, 1.82) is 0 Å². The second-order valence-corrected chi connectivity index (χ2v) is 21.9. The Morgan fingerprint density at radius 1 is 0.250 bits per heavy atom. The fourth-order valence-electron chi connectivity index (χ4n) is 13.7. The number of rotatable bonds is 9. The van der Waals surface area contributed by atoms with E-state index in [-0.39, 0.29) is 0 Å². The van der Waals surface area contributed by atoms with E-state index >= 15 is 0 Å². The maximum absolute atomic E-state index is 7.50. The zero-order valence-electron chi connectivity index (χ0n) is 45.5. The van der Waals surface area contributed by atoms with Crippen LogP contribution >= 0.6 is 0 Å². The Morgan fingerprint density at radius 3 is 1.50 bits per heavy atom. The second-order valence-electron chi connectivity index (χ2n) is 21.9. The topological polar surface area (TPSA) is 42.0 Å². The molecule has 84 heavy (non-hydrogen) atoms. The predicted molar refractivity (Wildman–Crippen MR) is 344 cm³/mol. The first-order valence-electron chi connectivity index (χ1n) is 28.6. The van der Waals surface area contributed by atoms with Crippen LogP contribution in [0.4, 0.5) is 34.1 Å². The monoisotopic (exact) mass is 1070 g/mol. The Bertz CT molecular complexity index is 5020. The minimum atomic E-state index is -0.780.